The third-order valence-corrected chi connectivity index (χ3v) is 4.68. The van der Waals surface area contributed by atoms with E-state index in [1.165, 1.54) is 0 Å². The molecule has 4 nitrogen and oxygen atoms in total. The van der Waals surface area contributed by atoms with Crippen LogP contribution in [0, 0.1) is 13.8 Å². The van der Waals surface area contributed by atoms with Gasteiger partial charge in [-0.2, -0.15) is 0 Å². The normalized spacial score (nSPS) is 16.5. The molecule has 1 aliphatic rings. The topological polar surface area (TPSA) is 33.2 Å². The minimum Gasteiger partial charge on any atom is -0.423 e. The summed E-state index contributed by atoms with van der Waals surface area (Å²) in [5.41, 5.74) is 5.08. The van der Waals surface area contributed by atoms with E-state index in [0.717, 1.165) is 33.6 Å². The van der Waals surface area contributed by atoms with Gasteiger partial charge in [0, 0.05) is 26.3 Å². The summed E-state index contributed by atoms with van der Waals surface area (Å²) in [4.78, 5) is 6.59. The van der Waals surface area contributed by atoms with Gasteiger partial charge in [0.15, 0.2) is 17.7 Å². The van der Waals surface area contributed by atoms with Crippen LogP contribution in [0.2, 0.25) is 0 Å². The maximum Gasteiger partial charge on any atom is 0.401 e. The molecule has 5 heteroatoms. The van der Waals surface area contributed by atoms with Crippen molar-refractivity contribution in [2.45, 2.75) is 20.7 Å². The molecule has 0 radical (unpaired) electrons. The van der Waals surface area contributed by atoms with Crippen molar-refractivity contribution in [3.05, 3.63) is 52.8 Å². The van der Waals surface area contributed by atoms with E-state index in [0.29, 0.717) is 11.3 Å². The Labute approximate surface area is 146 Å². The van der Waals surface area contributed by atoms with Crippen molar-refractivity contribution in [3.63, 3.8) is 0 Å². The van der Waals surface area contributed by atoms with Gasteiger partial charge >= 0.3 is 6.85 Å². The monoisotopic (exact) mass is 321 g/mol. The smallest absolute Gasteiger partial charge is 0.401 e. The molecule has 0 aromatic carbocycles. The van der Waals surface area contributed by atoms with Crippen molar-refractivity contribution in [2.75, 3.05) is 11.9 Å². The van der Waals surface area contributed by atoms with Crippen LogP contribution < -0.4 is 15.0 Å². The molecule has 4 heterocycles. The summed E-state index contributed by atoms with van der Waals surface area (Å²) >= 11 is 0. The molecule has 0 atom stereocenters. The standard InChI is InChI=1S/C19H21BN3O/c1-12-6-9-17(22(4)11-12)20-13(2)10-16-15-8-7-14(3)21-18(15)24-19(16)23(20)5/h6-11H,1-5H3/q+1/i1D3. The molecule has 0 N–H and O–H groups in total. The predicted molar refractivity (Wildman–Crippen MR) is 98.5 cm³/mol. The maximum absolute atomic E-state index is 7.62. The number of rotatable bonds is 1. The average molecular weight is 321 g/mol. The van der Waals surface area contributed by atoms with E-state index in [4.69, 9.17) is 8.53 Å². The number of allylic oxidation sites excluding steroid dienone is 1. The third kappa shape index (κ3) is 2.15. The lowest BCUT2D eigenvalue weighted by atomic mass is 9.49. The Hall–Kier alpha value is -2.56. The van der Waals surface area contributed by atoms with Crippen LogP contribution in [-0.2, 0) is 7.05 Å². The van der Waals surface area contributed by atoms with Crippen LogP contribution in [0.4, 0.5) is 5.88 Å². The molecule has 0 fully saturated rings. The van der Waals surface area contributed by atoms with Gasteiger partial charge in [0.1, 0.15) is 7.05 Å². The van der Waals surface area contributed by atoms with Crippen LogP contribution in [0.3, 0.4) is 0 Å². The van der Waals surface area contributed by atoms with E-state index >= 15 is 0 Å². The average Bonchev–Trinajstić information content (AvgIpc) is 2.93. The third-order valence-electron chi connectivity index (χ3n) is 4.68. The largest absolute Gasteiger partial charge is 0.423 e. The SMILES string of the molecule is [2H]C([2H])([2H])c1ccc(B2C(C)=Cc3c(oc4nc(C)ccc34)N2C)[n+](C)c1. The lowest BCUT2D eigenvalue weighted by Gasteiger charge is -2.27. The van der Waals surface area contributed by atoms with E-state index in [2.05, 4.69) is 22.8 Å². The zero-order chi connectivity index (χ0) is 19.5. The molecule has 4 rings (SSSR count). The first-order valence-corrected chi connectivity index (χ1v) is 7.98. The zero-order valence-electron chi connectivity index (χ0n) is 17.3. The van der Waals surface area contributed by atoms with Crippen LogP contribution in [0.5, 0.6) is 0 Å². The van der Waals surface area contributed by atoms with E-state index in [9.17, 15) is 0 Å². The highest BCUT2D eigenvalue weighted by Crippen LogP contribution is 2.37. The Balaban J connectivity index is 1.82. The van der Waals surface area contributed by atoms with Gasteiger partial charge in [-0.3, -0.25) is 0 Å². The van der Waals surface area contributed by atoms with E-state index in [1.54, 1.807) is 12.3 Å². The van der Waals surface area contributed by atoms with Gasteiger partial charge in [-0.25, -0.2) is 9.55 Å². The minimum absolute atomic E-state index is 0.0465. The van der Waals surface area contributed by atoms with Crippen molar-refractivity contribution in [3.8, 4) is 0 Å². The second-order valence-electron chi connectivity index (χ2n) is 6.48. The van der Waals surface area contributed by atoms with Gasteiger partial charge in [-0.1, -0.05) is 11.5 Å². The zero-order valence-corrected chi connectivity index (χ0v) is 14.3. The number of aryl methyl sites for hydroxylation is 3. The molecule has 0 saturated carbocycles. The van der Waals surface area contributed by atoms with Crippen molar-refractivity contribution in [1.82, 2.24) is 4.98 Å². The molecule has 120 valence electrons. The molecule has 3 aromatic rings. The second kappa shape index (κ2) is 5.23. The van der Waals surface area contributed by atoms with Gasteiger partial charge in [-0.15, -0.1) is 0 Å². The molecule has 0 bridgehead atoms. The Bertz CT molecular complexity index is 1090. The van der Waals surface area contributed by atoms with Crippen LogP contribution in [-0.4, -0.2) is 18.9 Å². The summed E-state index contributed by atoms with van der Waals surface area (Å²) in [6, 6.07) is 7.60. The molecule has 0 saturated heterocycles. The first-order chi connectivity index (χ1) is 12.7. The number of aromatic nitrogens is 2. The van der Waals surface area contributed by atoms with Gasteiger partial charge in [-0.05, 0) is 52.0 Å². The number of anilines is 1. The van der Waals surface area contributed by atoms with Gasteiger partial charge in [0.25, 0.3) is 0 Å². The highest BCUT2D eigenvalue weighted by atomic mass is 16.4. The quantitative estimate of drug-likeness (QED) is 0.510. The Morgan fingerprint density at radius 3 is 2.83 bits per heavy atom. The molecule has 24 heavy (non-hydrogen) atoms. The second-order valence-corrected chi connectivity index (χ2v) is 6.48. The minimum atomic E-state index is -2.12. The van der Waals surface area contributed by atoms with Crippen LogP contribution >= 0.6 is 0 Å². The highest BCUT2D eigenvalue weighted by molar-refractivity contribution is 6.82. The summed E-state index contributed by atoms with van der Waals surface area (Å²) in [6.45, 7) is 1.87. The fourth-order valence-electron chi connectivity index (χ4n) is 3.54. The summed E-state index contributed by atoms with van der Waals surface area (Å²) in [6.07, 6.45) is 3.82. The summed E-state index contributed by atoms with van der Waals surface area (Å²) in [7, 11) is 3.87. The molecule has 0 amide bonds. The highest BCUT2D eigenvalue weighted by Gasteiger charge is 2.38. The molecular weight excluding hydrogens is 297 g/mol. The Morgan fingerprint density at radius 2 is 2.08 bits per heavy atom. The van der Waals surface area contributed by atoms with Crippen LogP contribution in [0.15, 0.2) is 40.4 Å². The fourth-order valence-corrected chi connectivity index (χ4v) is 3.54. The molecular formula is C19H21BN3O+. The lowest BCUT2D eigenvalue weighted by Crippen LogP contribution is -2.62. The molecule has 0 spiro atoms. The number of hydrogen-bond acceptors (Lipinski definition) is 3. The molecule has 0 aliphatic carbocycles. The van der Waals surface area contributed by atoms with Crippen LogP contribution in [0.1, 0.15) is 27.9 Å². The van der Waals surface area contributed by atoms with Crippen molar-refractivity contribution >= 4 is 35.5 Å². The fraction of sp³-hybridized carbons (Fsp3) is 0.263. The van der Waals surface area contributed by atoms with E-state index < -0.39 is 6.85 Å². The summed E-state index contributed by atoms with van der Waals surface area (Å²) in [5.74, 6) is 0.776. The first-order valence-electron chi connectivity index (χ1n) is 9.48. The number of fused-ring (bicyclic) bond motifs is 3. The summed E-state index contributed by atoms with van der Waals surface area (Å²) in [5, 5.41) is 1.00. The molecule has 1 aliphatic heterocycles. The predicted octanol–water partition coefficient (Wildman–Crippen LogP) is 2.56. The Morgan fingerprint density at radius 1 is 1.25 bits per heavy atom. The number of nitrogens with zero attached hydrogens (tertiary/aromatic N) is 3. The van der Waals surface area contributed by atoms with Crippen molar-refractivity contribution < 1.29 is 13.1 Å². The van der Waals surface area contributed by atoms with Crippen LogP contribution in [0.25, 0.3) is 17.2 Å². The van der Waals surface area contributed by atoms with Gasteiger partial charge in [0.05, 0.1) is 0 Å². The maximum atomic E-state index is 7.62. The molecule has 3 aromatic heterocycles. The van der Waals surface area contributed by atoms with E-state index in [-0.39, 0.29) is 6.85 Å². The summed E-state index contributed by atoms with van der Waals surface area (Å²) < 4.78 is 30.8. The Kier molecular flexibility index (Phi) is 2.59. The van der Waals surface area contributed by atoms with Gasteiger partial charge in [0.2, 0.25) is 5.71 Å². The molecule has 0 unspecified atom stereocenters. The van der Waals surface area contributed by atoms with Gasteiger partial charge < -0.3 is 9.23 Å². The van der Waals surface area contributed by atoms with Crippen molar-refractivity contribution in [2.24, 2.45) is 7.05 Å². The lowest BCUT2D eigenvalue weighted by molar-refractivity contribution is -0.654. The van der Waals surface area contributed by atoms with E-state index in [1.807, 2.05) is 43.8 Å². The number of hydrogen-bond donors (Lipinski definition) is 0. The number of pyridine rings is 2. The number of furan rings is 1. The first kappa shape index (κ1) is 11.9. The van der Waals surface area contributed by atoms with Crippen molar-refractivity contribution in [1.29, 1.82) is 0 Å².